The summed E-state index contributed by atoms with van der Waals surface area (Å²) in [4.78, 5) is 15.6. The van der Waals surface area contributed by atoms with Crippen molar-refractivity contribution in [1.82, 2.24) is 4.90 Å². The molecule has 5 heteroatoms. The van der Waals surface area contributed by atoms with Crippen molar-refractivity contribution in [3.63, 3.8) is 0 Å². The number of carbonyl (C=O) groups excluding carboxylic acids is 1. The molecule has 4 rings (SSSR count). The Bertz CT molecular complexity index is 629. The Hall–Kier alpha value is -1.26. The minimum atomic E-state index is 0.0690. The van der Waals surface area contributed by atoms with Crippen molar-refractivity contribution in [1.29, 1.82) is 0 Å². The Morgan fingerprint density at radius 3 is 3.09 bits per heavy atom. The maximum absolute atomic E-state index is 13.1. The molecule has 1 aliphatic carbocycles. The van der Waals surface area contributed by atoms with Gasteiger partial charge in [0.05, 0.1) is 5.56 Å². The molecule has 0 amide bonds. The number of benzene rings is 1. The van der Waals surface area contributed by atoms with E-state index in [9.17, 15) is 4.79 Å². The Morgan fingerprint density at radius 1 is 1.41 bits per heavy atom. The van der Waals surface area contributed by atoms with Crippen LogP contribution in [0.3, 0.4) is 0 Å². The van der Waals surface area contributed by atoms with Crippen LogP contribution < -0.4 is 9.47 Å². The molecule has 0 aromatic heterocycles. The van der Waals surface area contributed by atoms with Crippen LogP contribution in [0.5, 0.6) is 11.5 Å². The number of likely N-dealkylation sites (tertiary alicyclic amines) is 1. The number of ether oxygens (including phenoxy) is 2. The highest BCUT2D eigenvalue weighted by Gasteiger charge is 2.44. The standard InChI is InChI=1S/C17H20ClNO3/c1-2-5-19-6-3-4-10-13(19)7-11-12(18)8-14-17(22-9-21-14)15(11)16(10)20/h8,10,13H,2-7,9H2,1H3. The molecule has 0 bridgehead atoms. The zero-order valence-corrected chi connectivity index (χ0v) is 13.5. The topological polar surface area (TPSA) is 38.8 Å². The molecule has 2 aliphatic heterocycles. The molecule has 0 radical (unpaired) electrons. The summed E-state index contributed by atoms with van der Waals surface area (Å²) in [5, 5.41) is 0.632. The third kappa shape index (κ3) is 2.04. The van der Waals surface area contributed by atoms with Crippen LogP contribution in [0, 0.1) is 5.92 Å². The third-order valence-corrected chi connectivity index (χ3v) is 5.45. The van der Waals surface area contributed by atoms with Gasteiger partial charge in [0.25, 0.3) is 0 Å². The molecule has 3 aliphatic rings. The lowest BCUT2D eigenvalue weighted by molar-refractivity contribution is 0.0583. The van der Waals surface area contributed by atoms with Crippen LogP contribution >= 0.6 is 11.6 Å². The Kier molecular flexibility index (Phi) is 3.54. The van der Waals surface area contributed by atoms with E-state index in [-0.39, 0.29) is 24.5 Å². The van der Waals surface area contributed by atoms with Gasteiger partial charge in [-0.2, -0.15) is 0 Å². The number of piperidine rings is 1. The average Bonchev–Trinajstić information content (AvgIpc) is 2.96. The van der Waals surface area contributed by atoms with Crippen molar-refractivity contribution in [2.24, 2.45) is 5.92 Å². The third-order valence-electron chi connectivity index (χ3n) is 5.12. The summed E-state index contributed by atoms with van der Waals surface area (Å²) in [5.41, 5.74) is 1.62. The molecular formula is C17H20ClNO3. The van der Waals surface area contributed by atoms with Crippen molar-refractivity contribution >= 4 is 17.4 Å². The monoisotopic (exact) mass is 321 g/mol. The molecule has 4 nitrogen and oxygen atoms in total. The van der Waals surface area contributed by atoms with Crippen LogP contribution in [0.1, 0.15) is 42.1 Å². The van der Waals surface area contributed by atoms with Crippen molar-refractivity contribution < 1.29 is 14.3 Å². The Morgan fingerprint density at radius 2 is 2.27 bits per heavy atom. The summed E-state index contributed by atoms with van der Waals surface area (Å²) in [6.07, 6.45) is 3.99. The van der Waals surface area contributed by atoms with E-state index in [4.69, 9.17) is 21.1 Å². The van der Waals surface area contributed by atoms with Crippen molar-refractivity contribution in [2.75, 3.05) is 19.9 Å². The minimum absolute atomic E-state index is 0.0690. The summed E-state index contributed by atoms with van der Waals surface area (Å²) in [7, 11) is 0. The second-order valence-corrected chi connectivity index (χ2v) is 6.77. The van der Waals surface area contributed by atoms with Crippen LogP contribution in [0.25, 0.3) is 0 Å². The molecule has 0 saturated carbocycles. The number of hydrogen-bond donors (Lipinski definition) is 0. The predicted molar refractivity (Wildman–Crippen MR) is 84.0 cm³/mol. The lowest BCUT2D eigenvalue weighted by Crippen LogP contribution is -2.51. The number of ketones is 1. The number of halogens is 1. The first-order valence-electron chi connectivity index (χ1n) is 8.10. The fourth-order valence-electron chi connectivity index (χ4n) is 4.17. The SMILES string of the molecule is CCCN1CCCC2C(=O)c3c(c(Cl)cc4c3OCO4)CC21. The molecule has 1 fully saturated rings. The fraction of sp³-hybridized carbons (Fsp3) is 0.588. The van der Waals surface area contributed by atoms with E-state index in [0.29, 0.717) is 22.1 Å². The van der Waals surface area contributed by atoms with Crippen molar-refractivity contribution in [3.8, 4) is 11.5 Å². The van der Waals surface area contributed by atoms with Gasteiger partial charge in [-0.1, -0.05) is 18.5 Å². The summed E-state index contributed by atoms with van der Waals surface area (Å²) in [6.45, 7) is 4.49. The summed E-state index contributed by atoms with van der Waals surface area (Å²) >= 11 is 6.44. The van der Waals surface area contributed by atoms with E-state index in [1.165, 1.54) is 0 Å². The molecule has 0 N–H and O–H groups in total. The van der Waals surface area contributed by atoms with Crippen molar-refractivity contribution in [2.45, 2.75) is 38.6 Å². The first kappa shape index (κ1) is 14.3. The molecule has 1 aromatic carbocycles. The smallest absolute Gasteiger partial charge is 0.231 e. The zero-order valence-electron chi connectivity index (χ0n) is 12.7. The molecule has 2 atom stereocenters. The average molecular weight is 322 g/mol. The lowest BCUT2D eigenvalue weighted by Gasteiger charge is -2.43. The lowest BCUT2D eigenvalue weighted by atomic mass is 9.74. The van der Waals surface area contributed by atoms with Crippen LogP contribution in [-0.4, -0.2) is 36.6 Å². The van der Waals surface area contributed by atoms with Gasteiger partial charge < -0.3 is 9.47 Å². The van der Waals surface area contributed by atoms with Gasteiger partial charge in [0.15, 0.2) is 17.3 Å². The molecule has 22 heavy (non-hydrogen) atoms. The molecule has 1 saturated heterocycles. The van der Waals surface area contributed by atoms with Gasteiger partial charge in [0.2, 0.25) is 6.79 Å². The molecule has 2 heterocycles. The number of carbonyl (C=O) groups is 1. The van der Waals surface area contributed by atoms with E-state index >= 15 is 0 Å². The summed E-state index contributed by atoms with van der Waals surface area (Å²) in [5.74, 6) is 1.48. The second-order valence-electron chi connectivity index (χ2n) is 6.37. The van der Waals surface area contributed by atoms with Crippen LogP contribution in [-0.2, 0) is 6.42 Å². The van der Waals surface area contributed by atoms with E-state index in [2.05, 4.69) is 11.8 Å². The van der Waals surface area contributed by atoms with E-state index in [0.717, 1.165) is 44.3 Å². The van der Waals surface area contributed by atoms with Crippen molar-refractivity contribution in [3.05, 3.63) is 22.2 Å². The number of Topliss-reactive ketones (excluding diaryl/α,β-unsaturated/α-hetero) is 1. The number of hydrogen-bond acceptors (Lipinski definition) is 4. The van der Waals surface area contributed by atoms with Gasteiger partial charge >= 0.3 is 0 Å². The minimum Gasteiger partial charge on any atom is -0.454 e. The second kappa shape index (κ2) is 5.43. The van der Waals surface area contributed by atoms with Gasteiger partial charge in [-0.3, -0.25) is 9.69 Å². The summed E-state index contributed by atoms with van der Waals surface area (Å²) < 4.78 is 11.0. The molecule has 1 aromatic rings. The fourth-order valence-corrected chi connectivity index (χ4v) is 4.44. The normalized spacial score (nSPS) is 26.7. The van der Waals surface area contributed by atoms with Gasteiger partial charge in [-0.15, -0.1) is 0 Å². The highest BCUT2D eigenvalue weighted by molar-refractivity contribution is 6.32. The quantitative estimate of drug-likeness (QED) is 0.838. The maximum Gasteiger partial charge on any atom is 0.231 e. The van der Waals surface area contributed by atoms with Gasteiger partial charge in [-0.25, -0.2) is 0 Å². The van der Waals surface area contributed by atoms with Gasteiger partial charge in [0.1, 0.15) is 0 Å². The molecule has 2 unspecified atom stereocenters. The zero-order chi connectivity index (χ0) is 15.3. The largest absolute Gasteiger partial charge is 0.454 e. The van der Waals surface area contributed by atoms with Crippen LogP contribution in [0.2, 0.25) is 5.02 Å². The van der Waals surface area contributed by atoms with Crippen LogP contribution in [0.4, 0.5) is 0 Å². The molecule has 0 spiro atoms. The van der Waals surface area contributed by atoms with Gasteiger partial charge in [0, 0.05) is 23.0 Å². The molecular weight excluding hydrogens is 302 g/mol. The van der Waals surface area contributed by atoms with Gasteiger partial charge in [-0.05, 0) is 44.3 Å². The summed E-state index contributed by atoms with van der Waals surface area (Å²) in [6, 6.07) is 2.08. The first-order chi connectivity index (χ1) is 10.7. The molecule has 118 valence electrons. The van der Waals surface area contributed by atoms with E-state index in [1.54, 1.807) is 6.07 Å². The highest BCUT2D eigenvalue weighted by atomic mass is 35.5. The number of rotatable bonds is 2. The highest BCUT2D eigenvalue weighted by Crippen LogP contribution is 2.47. The Balaban J connectivity index is 1.79. The number of nitrogens with zero attached hydrogens (tertiary/aromatic N) is 1. The maximum atomic E-state index is 13.1. The Labute approximate surface area is 135 Å². The first-order valence-corrected chi connectivity index (χ1v) is 8.47. The van der Waals surface area contributed by atoms with E-state index < -0.39 is 0 Å². The number of fused-ring (bicyclic) bond motifs is 4. The predicted octanol–water partition coefficient (Wildman–Crippen LogP) is 3.30. The van der Waals surface area contributed by atoms with Crippen LogP contribution in [0.15, 0.2) is 6.07 Å². The van der Waals surface area contributed by atoms with E-state index in [1.807, 2.05) is 0 Å².